The van der Waals surface area contributed by atoms with Crippen LogP contribution in [0.1, 0.15) is 38.1 Å². The number of hydrogen-bond acceptors (Lipinski definition) is 6. The molecule has 2 rings (SSSR count). The van der Waals surface area contributed by atoms with E-state index in [1.807, 2.05) is 13.8 Å². The maximum Gasteiger partial charge on any atom is 0.251 e. The topological polar surface area (TPSA) is 108 Å². The second-order valence-electron chi connectivity index (χ2n) is 8.06. The Morgan fingerprint density at radius 3 is 2.41 bits per heavy atom. The molecule has 1 saturated heterocycles. The van der Waals surface area contributed by atoms with Crippen LogP contribution in [0.15, 0.2) is 29.2 Å². The second kappa shape index (κ2) is 12.3. The number of nitrogens with one attached hydrogen (secondary N) is 2. The average Bonchev–Trinajstić information content (AvgIpc) is 2.80. The lowest BCUT2D eigenvalue weighted by atomic mass is 10.0. The number of sulfonamides is 1. The van der Waals surface area contributed by atoms with Gasteiger partial charge in [-0.15, -0.1) is 0 Å². The molecule has 0 radical (unpaired) electrons. The number of carbonyl (C=O) groups is 2. The summed E-state index contributed by atoms with van der Waals surface area (Å²) in [5.41, 5.74) is 0.195. The molecule has 1 heterocycles. The molecule has 180 valence electrons. The van der Waals surface area contributed by atoms with Gasteiger partial charge in [-0.3, -0.25) is 9.59 Å². The molecular formula is C22H36N4O5S. The molecule has 1 aliphatic heterocycles. The number of likely N-dealkylation sites (N-methyl/N-ethyl adjacent to an activating group) is 1. The predicted octanol–water partition coefficient (Wildman–Crippen LogP) is 0.920. The van der Waals surface area contributed by atoms with Crippen molar-refractivity contribution >= 4 is 21.8 Å². The highest BCUT2D eigenvalue weighted by Crippen LogP contribution is 2.18. The number of nitrogens with zero attached hydrogens (tertiary/aromatic N) is 2. The Labute approximate surface area is 191 Å². The zero-order chi connectivity index (χ0) is 23.7. The summed E-state index contributed by atoms with van der Waals surface area (Å²) in [4.78, 5) is 27.8. The Kier molecular flexibility index (Phi) is 10.1. The number of hydrogen-bond donors (Lipinski definition) is 2. The van der Waals surface area contributed by atoms with Crippen molar-refractivity contribution in [2.75, 3.05) is 52.5 Å². The molecule has 0 aliphatic carbocycles. The predicted molar refractivity (Wildman–Crippen MR) is 123 cm³/mol. The van der Waals surface area contributed by atoms with Gasteiger partial charge in [0, 0.05) is 31.7 Å². The van der Waals surface area contributed by atoms with Crippen molar-refractivity contribution in [1.82, 2.24) is 19.8 Å². The minimum Gasteiger partial charge on any atom is -0.379 e. The van der Waals surface area contributed by atoms with Crippen molar-refractivity contribution in [2.24, 2.45) is 5.92 Å². The van der Waals surface area contributed by atoms with Gasteiger partial charge < -0.3 is 20.3 Å². The molecule has 0 bridgehead atoms. The molecule has 1 atom stereocenters. The molecule has 32 heavy (non-hydrogen) atoms. The van der Waals surface area contributed by atoms with E-state index in [2.05, 4.69) is 29.4 Å². The fraction of sp³-hybridized carbons (Fsp3) is 0.636. The fourth-order valence-electron chi connectivity index (χ4n) is 3.48. The number of morpholine rings is 1. The molecule has 0 spiro atoms. The van der Waals surface area contributed by atoms with Crippen LogP contribution in [0.25, 0.3) is 0 Å². The van der Waals surface area contributed by atoms with Crippen molar-refractivity contribution < 1.29 is 22.7 Å². The molecule has 1 aliphatic rings. The minimum atomic E-state index is -3.72. The first-order valence-corrected chi connectivity index (χ1v) is 12.6. The summed E-state index contributed by atoms with van der Waals surface area (Å²) in [6, 6.07) is 5.19. The molecule has 10 heteroatoms. The van der Waals surface area contributed by atoms with Crippen LogP contribution in [0, 0.1) is 5.92 Å². The van der Waals surface area contributed by atoms with Crippen LogP contribution in [0.2, 0.25) is 0 Å². The Hall–Kier alpha value is -2.01. The Bertz CT molecular complexity index is 865. The lowest BCUT2D eigenvalue weighted by Crippen LogP contribution is -2.50. The summed E-state index contributed by atoms with van der Waals surface area (Å²) in [5, 5.41) is 5.65. The second-order valence-corrected chi connectivity index (χ2v) is 10.00. The SMILES string of the molecule is CCN(CC)CCNC(=O)C(NC(=O)c1cccc(S(=O)(=O)N2CCOCC2)c1)C(C)C. The Balaban J connectivity index is 2.07. The van der Waals surface area contributed by atoms with E-state index < -0.39 is 22.0 Å². The van der Waals surface area contributed by atoms with Gasteiger partial charge in [0.15, 0.2) is 0 Å². The van der Waals surface area contributed by atoms with E-state index in [0.29, 0.717) is 19.8 Å². The maximum absolute atomic E-state index is 12.9. The standard InChI is InChI=1S/C22H36N4O5S/c1-5-25(6-2)11-10-23-22(28)20(17(3)4)24-21(27)18-8-7-9-19(16-18)32(29,30)26-12-14-31-15-13-26/h7-9,16-17,20H,5-6,10-15H2,1-4H3,(H,23,28)(H,24,27). The first-order chi connectivity index (χ1) is 15.2. The van der Waals surface area contributed by atoms with Crippen LogP contribution < -0.4 is 10.6 Å². The van der Waals surface area contributed by atoms with Gasteiger partial charge in [-0.2, -0.15) is 4.31 Å². The van der Waals surface area contributed by atoms with Crippen LogP contribution in [0.4, 0.5) is 0 Å². The highest BCUT2D eigenvalue weighted by molar-refractivity contribution is 7.89. The van der Waals surface area contributed by atoms with Crippen molar-refractivity contribution in [2.45, 2.75) is 38.6 Å². The van der Waals surface area contributed by atoms with Crippen molar-refractivity contribution in [3.05, 3.63) is 29.8 Å². The summed E-state index contributed by atoms with van der Waals surface area (Å²) >= 11 is 0. The molecule has 1 unspecified atom stereocenters. The lowest BCUT2D eigenvalue weighted by Gasteiger charge is -2.26. The molecule has 9 nitrogen and oxygen atoms in total. The van der Waals surface area contributed by atoms with Gasteiger partial charge in [-0.1, -0.05) is 33.8 Å². The Morgan fingerprint density at radius 1 is 1.16 bits per heavy atom. The summed E-state index contributed by atoms with van der Waals surface area (Å²) in [7, 11) is -3.72. The monoisotopic (exact) mass is 468 g/mol. The number of rotatable bonds is 11. The largest absolute Gasteiger partial charge is 0.379 e. The van der Waals surface area contributed by atoms with E-state index in [0.717, 1.165) is 19.6 Å². The van der Waals surface area contributed by atoms with E-state index in [1.54, 1.807) is 6.07 Å². The maximum atomic E-state index is 12.9. The van der Waals surface area contributed by atoms with Gasteiger partial charge in [0.05, 0.1) is 18.1 Å². The molecule has 0 aromatic heterocycles. The van der Waals surface area contributed by atoms with E-state index in [9.17, 15) is 18.0 Å². The van der Waals surface area contributed by atoms with Crippen LogP contribution in [0.5, 0.6) is 0 Å². The summed E-state index contributed by atoms with van der Waals surface area (Å²) in [6.45, 7) is 12.1. The fourth-order valence-corrected chi connectivity index (χ4v) is 4.93. The normalized spacial score (nSPS) is 16.2. The van der Waals surface area contributed by atoms with Crippen molar-refractivity contribution in [3.63, 3.8) is 0 Å². The van der Waals surface area contributed by atoms with Gasteiger partial charge >= 0.3 is 0 Å². The number of ether oxygens (including phenoxy) is 1. The third-order valence-corrected chi connectivity index (χ3v) is 7.46. The van der Waals surface area contributed by atoms with Gasteiger partial charge in [-0.25, -0.2) is 8.42 Å². The highest BCUT2D eigenvalue weighted by atomic mass is 32.2. The van der Waals surface area contributed by atoms with Crippen LogP contribution in [-0.2, 0) is 19.6 Å². The summed E-state index contributed by atoms with van der Waals surface area (Å²) in [6.07, 6.45) is 0. The number of carbonyl (C=O) groups excluding carboxylic acids is 2. The van der Waals surface area contributed by atoms with Crippen molar-refractivity contribution in [1.29, 1.82) is 0 Å². The average molecular weight is 469 g/mol. The zero-order valence-corrected chi connectivity index (χ0v) is 20.3. The smallest absolute Gasteiger partial charge is 0.251 e. The first kappa shape index (κ1) is 26.2. The van der Waals surface area contributed by atoms with E-state index in [-0.39, 0.29) is 35.4 Å². The van der Waals surface area contributed by atoms with Gasteiger partial charge in [-0.05, 0) is 37.2 Å². The Morgan fingerprint density at radius 2 is 1.81 bits per heavy atom. The zero-order valence-electron chi connectivity index (χ0n) is 19.5. The summed E-state index contributed by atoms with van der Waals surface area (Å²) < 4.78 is 32.4. The van der Waals surface area contributed by atoms with Crippen LogP contribution >= 0.6 is 0 Å². The number of amides is 2. The molecule has 1 fully saturated rings. The van der Waals surface area contributed by atoms with Gasteiger partial charge in [0.25, 0.3) is 5.91 Å². The lowest BCUT2D eigenvalue weighted by molar-refractivity contribution is -0.124. The van der Waals surface area contributed by atoms with E-state index >= 15 is 0 Å². The minimum absolute atomic E-state index is 0.0526. The third-order valence-electron chi connectivity index (χ3n) is 5.56. The summed E-state index contributed by atoms with van der Waals surface area (Å²) in [5.74, 6) is -0.869. The van der Waals surface area contributed by atoms with Gasteiger partial charge in [0.2, 0.25) is 15.9 Å². The third kappa shape index (κ3) is 6.99. The van der Waals surface area contributed by atoms with Crippen LogP contribution in [0.3, 0.4) is 0 Å². The van der Waals surface area contributed by atoms with Crippen LogP contribution in [-0.4, -0.2) is 88.0 Å². The molecular weight excluding hydrogens is 432 g/mol. The molecule has 0 saturated carbocycles. The first-order valence-electron chi connectivity index (χ1n) is 11.2. The quantitative estimate of drug-likeness (QED) is 0.500. The van der Waals surface area contributed by atoms with E-state index in [4.69, 9.17) is 4.74 Å². The number of benzene rings is 1. The highest BCUT2D eigenvalue weighted by Gasteiger charge is 2.28. The van der Waals surface area contributed by atoms with Crippen molar-refractivity contribution in [3.8, 4) is 0 Å². The molecule has 1 aromatic rings. The molecule has 2 amide bonds. The van der Waals surface area contributed by atoms with Gasteiger partial charge in [0.1, 0.15) is 6.04 Å². The molecule has 1 aromatic carbocycles. The molecule has 2 N–H and O–H groups in total. The van der Waals surface area contributed by atoms with E-state index in [1.165, 1.54) is 22.5 Å².